The first-order chi connectivity index (χ1) is 27.5. The van der Waals surface area contributed by atoms with E-state index in [1.165, 1.54) is 80.1 Å². The van der Waals surface area contributed by atoms with Crippen LogP contribution in [0.15, 0.2) is 169 Å². The van der Waals surface area contributed by atoms with Crippen molar-refractivity contribution in [2.75, 3.05) is 0 Å². The van der Waals surface area contributed by atoms with Crippen LogP contribution in [0.2, 0.25) is 0 Å². The van der Waals surface area contributed by atoms with Crippen LogP contribution in [0.4, 0.5) is 26.3 Å². The first kappa shape index (κ1) is 48.3. The summed E-state index contributed by atoms with van der Waals surface area (Å²) in [5, 5.41) is 5.27. The molecule has 0 spiro atoms. The Morgan fingerprint density at radius 1 is 0.567 bits per heavy atom. The SMILES string of the molecule is CCC1[C-]=CC(C(C)(C)C)=C1.FC(F)(F)c1ccc([C](=[Zr+2])c2ccc(C(F)(F)F)cc2)cc1.[Cl-].[Cl-].c1ccc(-c2ccc3c(c2)[cH-]c2cc(-c4ccccc4)ccc23)cc1. The van der Waals surface area contributed by atoms with E-state index >= 15 is 0 Å². The van der Waals surface area contributed by atoms with E-state index in [9.17, 15) is 26.3 Å². The van der Waals surface area contributed by atoms with E-state index in [1.54, 1.807) is 0 Å². The van der Waals surface area contributed by atoms with Crippen molar-refractivity contribution in [3.63, 3.8) is 0 Å². The Morgan fingerprint density at radius 2 is 0.967 bits per heavy atom. The Labute approximate surface area is 375 Å². The summed E-state index contributed by atoms with van der Waals surface area (Å²) in [7, 11) is 0. The van der Waals surface area contributed by atoms with Gasteiger partial charge in [-0.05, 0) is 11.1 Å². The fourth-order valence-electron chi connectivity index (χ4n) is 6.67. The first-order valence-electron chi connectivity index (χ1n) is 19.0. The van der Waals surface area contributed by atoms with Crippen LogP contribution in [-0.2, 0) is 36.6 Å². The van der Waals surface area contributed by atoms with Crippen molar-refractivity contribution in [3.8, 4) is 22.3 Å². The molecular weight excluding hydrogens is 889 g/mol. The van der Waals surface area contributed by atoms with Crippen LogP contribution in [0, 0.1) is 17.4 Å². The van der Waals surface area contributed by atoms with Gasteiger partial charge in [0.25, 0.3) is 0 Å². The van der Waals surface area contributed by atoms with E-state index in [2.05, 4.69) is 149 Å². The molecule has 0 heterocycles. The van der Waals surface area contributed by atoms with E-state index in [-0.39, 0.29) is 24.8 Å². The summed E-state index contributed by atoms with van der Waals surface area (Å²) >= 11 is 0.898. The largest absolute Gasteiger partial charge is 1.00 e. The summed E-state index contributed by atoms with van der Waals surface area (Å²) < 4.78 is 75.6. The molecule has 7 aromatic carbocycles. The predicted molar refractivity (Wildman–Crippen MR) is 223 cm³/mol. The minimum absolute atomic E-state index is 0. The molecule has 1 unspecified atom stereocenters. The molecule has 1 aliphatic rings. The van der Waals surface area contributed by atoms with Gasteiger partial charge >= 0.3 is 137 Å². The Bertz CT molecular complexity index is 2390. The van der Waals surface area contributed by atoms with Crippen molar-refractivity contribution in [1.29, 1.82) is 0 Å². The molecule has 0 radical (unpaired) electrons. The standard InChI is InChI=1S/C25H17.C15H8F6.C11H17.2ClH.Zr/c1-3-7-18(8-4-1)20-11-13-24-22(15-20)17-23-16-21(12-14-25(23)24)19-9-5-2-6-10-19;16-14(17,18)12-5-1-10(2-6-12)9-11-3-7-13(8-4-11)15(19,20)21;1-5-9-6-7-10(8-9)11(2,3)4;;;/h1-17H;1-8H;7-9H,5H2,1-4H3;2*1H;/q-1;;-1;;;+2/p-2. The second-order valence-corrected chi connectivity index (χ2v) is 16.4. The molecule has 1 atom stereocenters. The second-order valence-electron chi connectivity index (χ2n) is 15.2. The molecule has 0 saturated carbocycles. The number of hydrogen-bond acceptors (Lipinski definition) is 0. The zero-order valence-electron chi connectivity index (χ0n) is 33.4. The van der Waals surface area contributed by atoms with E-state index in [0.29, 0.717) is 25.7 Å². The minimum Gasteiger partial charge on any atom is -1.00 e. The molecule has 0 N–H and O–H groups in total. The average Bonchev–Trinajstić information content (AvgIpc) is 3.86. The van der Waals surface area contributed by atoms with E-state index in [0.717, 1.165) is 48.5 Å². The zero-order valence-corrected chi connectivity index (χ0v) is 37.4. The van der Waals surface area contributed by atoms with Crippen LogP contribution in [0.5, 0.6) is 0 Å². The molecule has 60 heavy (non-hydrogen) atoms. The summed E-state index contributed by atoms with van der Waals surface area (Å²) in [6, 6.07) is 46.1. The third-order valence-electron chi connectivity index (χ3n) is 10.1. The molecule has 0 bridgehead atoms. The number of rotatable bonds is 5. The van der Waals surface area contributed by atoms with Crippen LogP contribution < -0.4 is 24.8 Å². The summed E-state index contributed by atoms with van der Waals surface area (Å²) in [6.07, 6.45) is 0.185. The Hall–Kier alpha value is -4.42. The summed E-state index contributed by atoms with van der Waals surface area (Å²) in [5.74, 6) is 0.573. The van der Waals surface area contributed by atoms with Crippen LogP contribution in [-0.4, -0.2) is 3.21 Å². The van der Waals surface area contributed by atoms with Gasteiger partial charge in [0.1, 0.15) is 0 Å². The predicted octanol–water partition coefficient (Wildman–Crippen LogP) is 9.25. The van der Waals surface area contributed by atoms with Gasteiger partial charge < -0.3 is 24.8 Å². The molecular formula is C51H42Cl2F6Zr-2. The third-order valence-corrected chi connectivity index (χ3v) is 11.5. The summed E-state index contributed by atoms with van der Waals surface area (Å²) in [6.45, 7) is 8.94. The number of halogens is 8. The van der Waals surface area contributed by atoms with Gasteiger partial charge in [0.15, 0.2) is 0 Å². The Kier molecular flexibility index (Phi) is 16.4. The van der Waals surface area contributed by atoms with Gasteiger partial charge in [-0.15, -0.1) is 39.7 Å². The molecule has 0 amide bonds. The maximum atomic E-state index is 12.5. The zero-order chi connectivity index (χ0) is 41.7. The van der Waals surface area contributed by atoms with Crippen LogP contribution >= 0.6 is 0 Å². The van der Waals surface area contributed by atoms with E-state index in [1.807, 2.05) is 0 Å². The van der Waals surface area contributed by atoms with Gasteiger partial charge in [-0.3, -0.25) is 6.08 Å². The first-order valence-corrected chi connectivity index (χ1v) is 20.2. The molecule has 0 saturated heterocycles. The molecule has 0 fully saturated rings. The normalized spacial score (nSPS) is 13.6. The Balaban J connectivity index is 0.000000209. The Morgan fingerprint density at radius 3 is 1.28 bits per heavy atom. The maximum absolute atomic E-state index is 12.5. The number of alkyl halides is 6. The van der Waals surface area contributed by atoms with Crippen molar-refractivity contribution < 1.29 is 75.4 Å². The van der Waals surface area contributed by atoms with E-state index in [4.69, 9.17) is 0 Å². The van der Waals surface area contributed by atoms with E-state index < -0.39 is 23.5 Å². The smallest absolute Gasteiger partial charge is 0.0259 e. The fraction of sp³-hybridized carbons (Fsp3) is 0.176. The average molecular weight is 931 g/mol. The molecule has 7 aromatic rings. The molecule has 0 nitrogen and oxygen atoms in total. The molecule has 1 aliphatic carbocycles. The summed E-state index contributed by atoms with van der Waals surface area (Å²) in [4.78, 5) is 0. The fourth-order valence-corrected chi connectivity index (χ4v) is 7.49. The third kappa shape index (κ3) is 12.1. The number of fused-ring (bicyclic) bond motifs is 3. The van der Waals surface area contributed by atoms with Crippen molar-refractivity contribution >= 4 is 24.8 Å². The molecule has 9 heteroatoms. The molecule has 0 aliphatic heterocycles. The van der Waals surface area contributed by atoms with Crippen molar-refractivity contribution in [2.24, 2.45) is 11.3 Å². The van der Waals surface area contributed by atoms with Crippen LogP contribution in [0.25, 0.3) is 43.8 Å². The van der Waals surface area contributed by atoms with Gasteiger partial charge in [0, 0.05) is 0 Å². The van der Waals surface area contributed by atoms with Gasteiger partial charge in [-0.2, -0.15) is 11.6 Å². The monoisotopic (exact) mass is 928 g/mol. The van der Waals surface area contributed by atoms with Gasteiger partial charge in [-0.25, -0.2) is 6.08 Å². The van der Waals surface area contributed by atoms with Crippen molar-refractivity contribution in [1.82, 2.24) is 0 Å². The van der Waals surface area contributed by atoms with Gasteiger partial charge in [-0.1, -0.05) is 142 Å². The van der Waals surface area contributed by atoms with Crippen molar-refractivity contribution in [2.45, 2.75) is 46.5 Å². The number of benzene rings is 6. The quantitative estimate of drug-likeness (QED) is 0.119. The van der Waals surface area contributed by atoms with Crippen LogP contribution in [0.1, 0.15) is 56.4 Å². The maximum Gasteiger partial charge on any atom is -0.0259 e. The van der Waals surface area contributed by atoms with Gasteiger partial charge in [0.2, 0.25) is 0 Å². The molecule has 0 aromatic heterocycles. The molecule has 8 rings (SSSR count). The second kappa shape index (κ2) is 20.4. The minimum atomic E-state index is -4.41. The topological polar surface area (TPSA) is 0 Å². The van der Waals surface area contributed by atoms with Crippen LogP contribution in [0.3, 0.4) is 0 Å². The number of allylic oxidation sites excluding steroid dienone is 4. The van der Waals surface area contributed by atoms with Crippen molar-refractivity contribution in [3.05, 3.63) is 198 Å². The number of hydrogen-bond donors (Lipinski definition) is 0. The summed E-state index contributed by atoms with van der Waals surface area (Å²) in [5.41, 5.74) is 6.41. The molecule has 308 valence electrons. The van der Waals surface area contributed by atoms with Gasteiger partial charge in [0.05, 0.1) is 0 Å².